The molecule has 0 aliphatic heterocycles. The molecule has 0 spiro atoms. The molecule has 0 bridgehead atoms. The maximum atomic E-state index is 12.7. The average molecular weight is 374 g/mol. The predicted octanol–water partition coefficient (Wildman–Crippen LogP) is 3.36. The van der Waals surface area contributed by atoms with Crippen LogP contribution in [0.5, 0.6) is 0 Å². The third-order valence-corrected chi connectivity index (χ3v) is 4.53. The van der Waals surface area contributed by atoms with Crippen molar-refractivity contribution in [3.63, 3.8) is 0 Å². The zero-order valence-electron chi connectivity index (χ0n) is 15.5. The largest absolute Gasteiger partial charge is 0.422 e. The highest BCUT2D eigenvalue weighted by molar-refractivity contribution is 6.00. The van der Waals surface area contributed by atoms with Crippen LogP contribution in [0.25, 0.3) is 21.9 Å². The van der Waals surface area contributed by atoms with Crippen LogP contribution < -0.4 is 16.6 Å². The Kier molecular flexibility index (Phi) is 4.49. The van der Waals surface area contributed by atoms with E-state index in [0.29, 0.717) is 40.3 Å². The van der Waals surface area contributed by atoms with Crippen molar-refractivity contribution in [2.75, 3.05) is 5.43 Å². The van der Waals surface area contributed by atoms with Gasteiger partial charge in [-0.25, -0.2) is 15.2 Å². The number of anilines is 1. The van der Waals surface area contributed by atoms with E-state index in [4.69, 9.17) is 4.42 Å². The second kappa shape index (κ2) is 7.11. The molecule has 4 rings (SSSR count). The molecule has 0 atom stereocenters. The van der Waals surface area contributed by atoms with Gasteiger partial charge in [-0.05, 0) is 38.1 Å². The first-order valence-corrected chi connectivity index (χ1v) is 8.91. The molecular weight excluding hydrogens is 356 g/mol. The van der Waals surface area contributed by atoms with Crippen LogP contribution in [0.4, 0.5) is 5.95 Å². The molecule has 0 fully saturated rings. The van der Waals surface area contributed by atoms with Crippen molar-refractivity contribution in [1.82, 2.24) is 9.55 Å². The lowest BCUT2D eigenvalue weighted by atomic mass is 10.1. The van der Waals surface area contributed by atoms with E-state index in [0.717, 1.165) is 5.39 Å². The Morgan fingerprint density at radius 1 is 1.14 bits per heavy atom. The lowest BCUT2D eigenvalue weighted by Crippen LogP contribution is -2.24. The standard InChI is InChI=1S/C21H18N4O3/c1-3-25-19(26)15-9-5-6-10-17(15)22-21(25)24-23-13(2)16-12-14-8-4-7-11-18(14)28-20(16)27/h4-12H,3H2,1-2H3,(H,22,24)/b23-13-. The molecule has 0 amide bonds. The van der Waals surface area contributed by atoms with Gasteiger partial charge in [0, 0.05) is 11.9 Å². The monoisotopic (exact) mass is 374 g/mol. The molecule has 2 aromatic carbocycles. The molecule has 4 aromatic rings. The second-order valence-corrected chi connectivity index (χ2v) is 6.30. The molecule has 0 aliphatic rings. The Balaban J connectivity index is 1.76. The minimum absolute atomic E-state index is 0.145. The minimum Gasteiger partial charge on any atom is -0.422 e. The SMILES string of the molecule is CCn1c(N/N=C(/C)c2cc3ccccc3oc2=O)nc2ccccc2c1=O. The van der Waals surface area contributed by atoms with Gasteiger partial charge in [0.25, 0.3) is 5.56 Å². The number of para-hydroxylation sites is 2. The highest BCUT2D eigenvalue weighted by Crippen LogP contribution is 2.14. The van der Waals surface area contributed by atoms with Crippen LogP contribution in [0, 0.1) is 0 Å². The minimum atomic E-state index is -0.471. The Morgan fingerprint density at radius 2 is 1.89 bits per heavy atom. The number of hydrogen-bond donors (Lipinski definition) is 1. The first-order valence-electron chi connectivity index (χ1n) is 8.91. The highest BCUT2D eigenvalue weighted by Gasteiger charge is 2.11. The lowest BCUT2D eigenvalue weighted by Gasteiger charge is -2.11. The molecule has 0 radical (unpaired) electrons. The fourth-order valence-electron chi connectivity index (χ4n) is 3.05. The highest BCUT2D eigenvalue weighted by atomic mass is 16.4. The smallest absolute Gasteiger partial charge is 0.345 e. The summed E-state index contributed by atoms with van der Waals surface area (Å²) in [6, 6.07) is 16.2. The normalized spacial score (nSPS) is 11.9. The topological polar surface area (TPSA) is 89.5 Å². The molecule has 0 saturated carbocycles. The zero-order chi connectivity index (χ0) is 19.7. The molecule has 1 N–H and O–H groups in total. The molecular formula is C21H18N4O3. The summed E-state index contributed by atoms with van der Waals surface area (Å²) in [5, 5.41) is 5.63. The van der Waals surface area contributed by atoms with Crippen LogP contribution >= 0.6 is 0 Å². The van der Waals surface area contributed by atoms with E-state index in [1.807, 2.05) is 31.2 Å². The van der Waals surface area contributed by atoms with Crippen LogP contribution in [0.1, 0.15) is 19.4 Å². The van der Waals surface area contributed by atoms with Crippen molar-refractivity contribution < 1.29 is 4.42 Å². The van der Waals surface area contributed by atoms with Gasteiger partial charge in [-0.1, -0.05) is 30.3 Å². The Labute approximate surface area is 160 Å². The first-order chi connectivity index (χ1) is 13.6. The summed E-state index contributed by atoms with van der Waals surface area (Å²) in [6.45, 7) is 3.99. The number of hydrazone groups is 1. The molecule has 140 valence electrons. The van der Waals surface area contributed by atoms with Gasteiger partial charge in [-0.15, -0.1) is 0 Å². The third kappa shape index (κ3) is 3.07. The van der Waals surface area contributed by atoms with Crippen LogP contribution in [0.2, 0.25) is 0 Å². The summed E-state index contributed by atoms with van der Waals surface area (Å²) < 4.78 is 6.85. The summed E-state index contributed by atoms with van der Waals surface area (Å²) >= 11 is 0. The number of aromatic nitrogens is 2. The van der Waals surface area contributed by atoms with Crippen LogP contribution in [0.3, 0.4) is 0 Å². The molecule has 2 aromatic heterocycles. The molecule has 2 heterocycles. The average Bonchev–Trinajstić information content (AvgIpc) is 2.71. The number of rotatable bonds is 4. The maximum absolute atomic E-state index is 12.7. The van der Waals surface area contributed by atoms with Gasteiger partial charge in [-0.3, -0.25) is 9.36 Å². The summed E-state index contributed by atoms with van der Waals surface area (Å²) in [5.41, 5.74) is 4.10. The van der Waals surface area contributed by atoms with Crippen molar-refractivity contribution in [2.45, 2.75) is 20.4 Å². The summed E-state index contributed by atoms with van der Waals surface area (Å²) in [5.74, 6) is 0.315. The lowest BCUT2D eigenvalue weighted by molar-refractivity contribution is 0.559. The number of nitrogens with one attached hydrogen (secondary N) is 1. The van der Waals surface area contributed by atoms with E-state index in [1.165, 1.54) is 4.57 Å². The fraction of sp³-hybridized carbons (Fsp3) is 0.143. The van der Waals surface area contributed by atoms with E-state index in [-0.39, 0.29) is 5.56 Å². The maximum Gasteiger partial charge on any atom is 0.345 e. The van der Waals surface area contributed by atoms with E-state index >= 15 is 0 Å². The molecule has 7 nitrogen and oxygen atoms in total. The van der Waals surface area contributed by atoms with Gasteiger partial charge in [0.2, 0.25) is 5.95 Å². The predicted molar refractivity (Wildman–Crippen MR) is 110 cm³/mol. The number of nitrogens with zero attached hydrogens (tertiary/aromatic N) is 3. The molecule has 28 heavy (non-hydrogen) atoms. The van der Waals surface area contributed by atoms with Gasteiger partial charge in [0.1, 0.15) is 5.58 Å². The Bertz CT molecular complexity index is 1340. The Hall–Kier alpha value is -3.74. The Morgan fingerprint density at radius 3 is 2.71 bits per heavy atom. The van der Waals surface area contributed by atoms with Crippen molar-refractivity contribution >= 4 is 33.5 Å². The molecule has 0 unspecified atom stereocenters. The van der Waals surface area contributed by atoms with Gasteiger partial charge in [0.15, 0.2) is 0 Å². The van der Waals surface area contributed by atoms with E-state index in [9.17, 15) is 9.59 Å². The van der Waals surface area contributed by atoms with Gasteiger partial charge >= 0.3 is 5.63 Å². The summed E-state index contributed by atoms with van der Waals surface area (Å²) in [6.07, 6.45) is 0. The summed E-state index contributed by atoms with van der Waals surface area (Å²) in [4.78, 5) is 29.4. The van der Waals surface area contributed by atoms with Crippen LogP contribution in [-0.4, -0.2) is 15.3 Å². The number of hydrogen-bond acceptors (Lipinski definition) is 6. The van der Waals surface area contributed by atoms with Gasteiger partial charge in [0.05, 0.1) is 22.2 Å². The third-order valence-electron chi connectivity index (χ3n) is 4.53. The molecule has 0 saturated heterocycles. The summed E-state index contributed by atoms with van der Waals surface area (Å²) in [7, 11) is 0. The number of fused-ring (bicyclic) bond motifs is 2. The number of benzene rings is 2. The zero-order valence-corrected chi connectivity index (χ0v) is 15.5. The van der Waals surface area contributed by atoms with E-state index in [1.54, 1.807) is 37.3 Å². The van der Waals surface area contributed by atoms with Crippen LogP contribution in [-0.2, 0) is 6.54 Å². The second-order valence-electron chi connectivity index (χ2n) is 6.30. The van der Waals surface area contributed by atoms with Crippen molar-refractivity contribution in [2.24, 2.45) is 5.10 Å². The van der Waals surface area contributed by atoms with Gasteiger partial charge < -0.3 is 4.42 Å². The van der Waals surface area contributed by atoms with Crippen molar-refractivity contribution in [1.29, 1.82) is 0 Å². The van der Waals surface area contributed by atoms with Crippen molar-refractivity contribution in [3.05, 3.63) is 80.9 Å². The van der Waals surface area contributed by atoms with E-state index in [2.05, 4.69) is 15.5 Å². The quantitative estimate of drug-likeness (QED) is 0.336. The van der Waals surface area contributed by atoms with Gasteiger partial charge in [-0.2, -0.15) is 5.10 Å². The van der Waals surface area contributed by atoms with E-state index < -0.39 is 5.63 Å². The molecule has 7 heteroatoms. The fourth-order valence-corrected chi connectivity index (χ4v) is 3.05. The first kappa shape index (κ1) is 17.7. The molecule has 0 aliphatic carbocycles. The van der Waals surface area contributed by atoms with Crippen molar-refractivity contribution in [3.8, 4) is 0 Å². The van der Waals surface area contributed by atoms with Crippen LogP contribution in [0.15, 0.2) is 73.7 Å².